The number of Topliss-reactive ketones (excluding diaryl/α,β-unsaturated/α-hetero) is 1. The number of hydrogen-bond donors (Lipinski definition) is 3. The number of amides is 1. The van der Waals surface area contributed by atoms with Crippen LogP contribution in [0.15, 0.2) is 60.2 Å². The van der Waals surface area contributed by atoms with Crippen molar-refractivity contribution in [3.63, 3.8) is 0 Å². The predicted octanol–water partition coefficient (Wildman–Crippen LogP) is 1.70. The lowest BCUT2D eigenvalue weighted by molar-refractivity contribution is -0.139. The topological polar surface area (TPSA) is 99.1 Å². The Balaban J connectivity index is 2.02. The number of likely N-dealkylation sites (tertiary alicyclic amines) is 1. The molecular formula is C22H24N2O5. The van der Waals surface area contributed by atoms with Crippen LogP contribution in [0.5, 0.6) is 5.75 Å². The van der Waals surface area contributed by atoms with Crippen LogP contribution in [0.3, 0.4) is 0 Å². The molecule has 1 amide bonds. The third-order valence-electron chi connectivity index (χ3n) is 4.84. The molecule has 2 aromatic rings. The smallest absolute Gasteiger partial charge is 0.295 e. The van der Waals surface area contributed by atoms with Crippen LogP contribution in [-0.2, 0) is 9.59 Å². The average molecular weight is 396 g/mol. The van der Waals surface area contributed by atoms with Gasteiger partial charge in [0.05, 0.1) is 25.3 Å². The van der Waals surface area contributed by atoms with Crippen molar-refractivity contribution in [2.24, 2.45) is 0 Å². The number of nitrogens with zero attached hydrogens (tertiary/aromatic N) is 1. The van der Waals surface area contributed by atoms with Gasteiger partial charge in [0.25, 0.3) is 11.7 Å². The number of carbonyl (C=O) groups excluding carboxylic acids is 2. The molecule has 1 fully saturated rings. The number of nitrogens with one attached hydrogen (secondary N) is 1. The van der Waals surface area contributed by atoms with Crippen molar-refractivity contribution >= 4 is 17.4 Å². The van der Waals surface area contributed by atoms with Gasteiger partial charge in [-0.25, -0.2) is 0 Å². The van der Waals surface area contributed by atoms with E-state index in [9.17, 15) is 14.7 Å². The highest BCUT2D eigenvalue weighted by Gasteiger charge is 2.45. The summed E-state index contributed by atoms with van der Waals surface area (Å²) in [6.07, 6.45) is 0. The highest BCUT2D eigenvalue weighted by molar-refractivity contribution is 6.46. The Bertz CT molecular complexity index is 893. The maximum absolute atomic E-state index is 12.8. The van der Waals surface area contributed by atoms with Gasteiger partial charge < -0.3 is 25.2 Å². The van der Waals surface area contributed by atoms with Crippen LogP contribution in [0.2, 0.25) is 0 Å². The molecule has 1 aliphatic rings. The Labute approximate surface area is 169 Å². The normalized spacial score (nSPS) is 18.3. The van der Waals surface area contributed by atoms with Gasteiger partial charge in [-0.3, -0.25) is 9.59 Å². The number of ether oxygens (including phenoxy) is 1. The maximum Gasteiger partial charge on any atom is 0.295 e. The first-order valence-electron chi connectivity index (χ1n) is 9.37. The molecule has 7 nitrogen and oxygen atoms in total. The number of hydrogen-bond acceptors (Lipinski definition) is 6. The van der Waals surface area contributed by atoms with Gasteiger partial charge in [0, 0.05) is 25.2 Å². The maximum atomic E-state index is 12.8. The van der Waals surface area contributed by atoms with Crippen molar-refractivity contribution in [3.05, 3.63) is 71.3 Å². The predicted molar refractivity (Wildman–Crippen MR) is 108 cm³/mol. The van der Waals surface area contributed by atoms with E-state index in [4.69, 9.17) is 9.84 Å². The zero-order chi connectivity index (χ0) is 20.8. The second kappa shape index (κ2) is 9.36. The Kier molecular flexibility index (Phi) is 6.64. The van der Waals surface area contributed by atoms with Crippen LogP contribution in [-0.4, -0.2) is 60.2 Å². The molecule has 0 radical (unpaired) electrons. The van der Waals surface area contributed by atoms with Crippen LogP contribution in [0, 0.1) is 0 Å². The van der Waals surface area contributed by atoms with E-state index < -0.39 is 17.7 Å². The van der Waals surface area contributed by atoms with E-state index in [0.717, 1.165) is 5.56 Å². The molecule has 0 saturated carbocycles. The molecule has 0 aliphatic carbocycles. The lowest BCUT2D eigenvalue weighted by Gasteiger charge is -2.25. The van der Waals surface area contributed by atoms with Gasteiger partial charge in [0.15, 0.2) is 0 Å². The van der Waals surface area contributed by atoms with Crippen molar-refractivity contribution in [1.82, 2.24) is 10.2 Å². The van der Waals surface area contributed by atoms with E-state index >= 15 is 0 Å². The number of aliphatic hydroxyl groups is 2. The van der Waals surface area contributed by atoms with Crippen LogP contribution < -0.4 is 10.1 Å². The standard InChI is InChI=1S/C22H24N2O5/c1-29-17-9-7-16(8-10-17)20(26)18-19(15-5-3-2-4-6-15)24(22(28)21(18)27)13-11-23-12-14-25/h2-10,19,23,25-26H,11-14H2,1H3. The van der Waals surface area contributed by atoms with Crippen LogP contribution in [0.1, 0.15) is 17.2 Å². The highest BCUT2D eigenvalue weighted by Crippen LogP contribution is 2.39. The van der Waals surface area contributed by atoms with Crippen LogP contribution >= 0.6 is 0 Å². The summed E-state index contributed by atoms with van der Waals surface area (Å²) in [5.74, 6) is -0.962. The van der Waals surface area contributed by atoms with Crippen LogP contribution in [0.25, 0.3) is 5.76 Å². The minimum absolute atomic E-state index is 0.0155. The minimum atomic E-state index is -0.714. The second-order valence-electron chi connectivity index (χ2n) is 6.61. The van der Waals surface area contributed by atoms with Crippen molar-refractivity contribution in [2.45, 2.75) is 6.04 Å². The van der Waals surface area contributed by atoms with E-state index in [0.29, 0.717) is 24.4 Å². The van der Waals surface area contributed by atoms with E-state index in [-0.39, 0.29) is 24.5 Å². The summed E-state index contributed by atoms with van der Waals surface area (Å²) >= 11 is 0. The lowest BCUT2D eigenvalue weighted by Crippen LogP contribution is -2.36. The van der Waals surface area contributed by atoms with E-state index in [1.807, 2.05) is 30.3 Å². The first kappa shape index (κ1) is 20.6. The Morgan fingerprint density at radius 2 is 1.76 bits per heavy atom. The summed E-state index contributed by atoms with van der Waals surface area (Å²) in [6, 6.07) is 15.1. The molecule has 0 bridgehead atoms. The highest BCUT2D eigenvalue weighted by atomic mass is 16.5. The molecule has 0 aromatic heterocycles. The second-order valence-corrected chi connectivity index (χ2v) is 6.61. The van der Waals surface area contributed by atoms with Crippen LogP contribution in [0.4, 0.5) is 0 Å². The van der Waals surface area contributed by atoms with Crippen molar-refractivity contribution in [2.75, 3.05) is 33.4 Å². The molecular weight excluding hydrogens is 372 g/mol. The first-order chi connectivity index (χ1) is 14.1. The summed E-state index contributed by atoms with van der Waals surface area (Å²) in [5.41, 5.74) is 1.24. The summed E-state index contributed by atoms with van der Waals surface area (Å²) in [5, 5.41) is 22.8. The fourth-order valence-corrected chi connectivity index (χ4v) is 3.40. The van der Waals surface area contributed by atoms with E-state index in [1.54, 1.807) is 31.4 Å². The quantitative estimate of drug-likeness (QED) is 0.272. The molecule has 2 aromatic carbocycles. The molecule has 152 valence electrons. The zero-order valence-corrected chi connectivity index (χ0v) is 16.2. The van der Waals surface area contributed by atoms with Gasteiger partial charge >= 0.3 is 0 Å². The molecule has 29 heavy (non-hydrogen) atoms. The molecule has 0 spiro atoms. The number of benzene rings is 2. The molecule has 1 aliphatic heterocycles. The first-order valence-corrected chi connectivity index (χ1v) is 9.37. The number of carbonyl (C=O) groups is 2. The van der Waals surface area contributed by atoms with Crippen molar-refractivity contribution < 1.29 is 24.5 Å². The Hall–Kier alpha value is -3.16. The van der Waals surface area contributed by atoms with Gasteiger partial charge in [-0.15, -0.1) is 0 Å². The zero-order valence-electron chi connectivity index (χ0n) is 16.2. The van der Waals surface area contributed by atoms with Crippen molar-refractivity contribution in [3.8, 4) is 5.75 Å². The van der Waals surface area contributed by atoms with Gasteiger partial charge in [0.2, 0.25) is 0 Å². The molecule has 3 rings (SSSR count). The van der Waals surface area contributed by atoms with Gasteiger partial charge in [-0.2, -0.15) is 0 Å². The molecule has 7 heteroatoms. The third kappa shape index (κ3) is 4.31. The van der Waals surface area contributed by atoms with Gasteiger partial charge in [-0.1, -0.05) is 30.3 Å². The number of aliphatic hydroxyl groups excluding tert-OH is 2. The molecule has 1 atom stereocenters. The summed E-state index contributed by atoms with van der Waals surface area (Å²) in [7, 11) is 1.54. The van der Waals surface area contributed by atoms with E-state index in [2.05, 4.69) is 5.32 Å². The average Bonchev–Trinajstić information content (AvgIpc) is 3.01. The van der Waals surface area contributed by atoms with Gasteiger partial charge in [-0.05, 0) is 29.8 Å². The number of methoxy groups -OCH3 is 1. The summed E-state index contributed by atoms with van der Waals surface area (Å²) in [4.78, 5) is 27.0. The largest absolute Gasteiger partial charge is 0.507 e. The molecule has 3 N–H and O–H groups in total. The third-order valence-corrected chi connectivity index (χ3v) is 4.84. The molecule has 1 unspecified atom stereocenters. The van der Waals surface area contributed by atoms with Gasteiger partial charge in [0.1, 0.15) is 11.5 Å². The van der Waals surface area contributed by atoms with Crippen molar-refractivity contribution in [1.29, 1.82) is 0 Å². The fraction of sp³-hybridized carbons (Fsp3) is 0.273. The molecule has 1 heterocycles. The minimum Gasteiger partial charge on any atom is -0.507 e. The Morgan fingerprint density at radius 3 is 2.38 bits per heavy atom. The van der Waals surface area contributed by atoms with E-state index in [1.165, 1.54) is 4.90 Å². The summed E-state index contributed by atoms with van der Waals surface area (Å²) in [6.45, 7) is 1.06. The Morgan fingerprint density at radius 1 is 1.07 bits per heavy atom. The molecule has 1 saturated heterocycles. The fourth-order valence-electron chi connectivity index (χ4n) is 3.40. The SMILES string of the molecule is COc1ccc(C(O)=C2C(=O)C(=O)N(CCNCCO)C2c2ccccc2)cc1. The summed E-state index contributed by atoms with van der Waals surface area (Å²) < 4.78 is 5.13. The number of rotatable bonds is 8. The number of ketones is 1. The monoisotopic (exact) mass is 396 g/mol. The lowest BCUT2D eigenvalue weighted by atomic mass is 9.95.